The lowest BCUT2D eigenvalue weighted by molar-refractivity contribution is 0.190. The highest BCUT2D eigenvalue weighted by Gasteiger charge is 2.25. The number of benzene rings is 1. The molecule has 2 N–H and O–H groups in total. The zero-order valence-electron chi connectivity index (χ0n) is 8.25. The van der Waals surface area contributed by atoms with Crippen LogP contribution in [0, 0.1) is 11.6 Å². The molecule has 2 rings (SSSR count). The summed E-state index contributed by atoms with van der Waals surface area (Å²) in [5, 5.41) is 0. The molecule has 4 heteroatoms. The van der Waals surface area contributed by atoms with Gasteiger partial charge in [-0.15, -0.1) is 0 Å². The van der Waals surface area contributed by atoms with Crippen molar-refractivity contribution in [1.29, 1.82) is 0 Å². The summed E-state index contributed by atoms with van der Waals surface area (Å²) in [5.41, 5.74) is 5.79. The van der Waals surface area contributed by atoms with Crippen molar-refractivity contribution in [3.8, 4) is 5.75 Å². The molecule has 0 aromatic heterocycles. The van der Waals surface area contributed by atoms with Crippen LogP contribution in [0.5, 0.6) is 5.75 Å². The Balaban J connectivity index is 2.10. The second-order valence-electron chi connectivity index (χ2n) is 3.86. The molecule has 0 unspecified atom stereocenters. The van der Waals surface area contributed by atoms with Crippen molar-refractivity contribution in [2.24, 2.45) is 5.73 Å². The maximum absolute atomic E-state index is 12.8. The van der Waals surface area contributed by atoms with E-state index >= 15 is 0 Å². The molecule has 1 aliphatic rings. The molecule has 1 aromatic rings. The predicted octanol–water partition coefficient (Wildman–Crippen LogP) is 2.22. The largest absolute Gasteiger partial charge is 0.489 e. The molecule has 1 aromatic carbocycles. The van der Waals surface area contributed by atoms with Gasteiger partial charge < -0.3 is 10.5 Å². The summed E-state index contributed by atoms with van der Waals surface area (Å²) in [6, 6.07) is 3.14. The first-order valence-corrected chi connectivity index (χ1v) is 5.03. The van der Waals surface area contributed by atoms with Gasteiger partial charge in [0.1, 0.15) is 23.5 Å². The van der Waals surface area contributed by atoms with E-state index in [1.54, 1.807) is 0 Å². The maximum Gasteiger partial charge on any atom is 0.129 e. The Kier molecular flexibility index (Phi) is 2.86. The number of rotatable bonds is 2. The normalized spacial score (nSPS) is 25.5. The van der Waals surface area contributed by atoms with Crippen molar-refractivity contribution in [2.75, 3.05) is 0 Å². The van der Waals surface area contributed by atoms with Crippen LogP contribution in [0.25, 0.3) is 0 Å². The fraction of sp³-hybridized carbons (Fsp3) is 0.455. The minimum Gasteiger partial charge on any atom is -0.489 e. The highest BCUT2D eigenvalue weighted by Crippen LogP contribution is 2.24. The van der Waals surface area contributed by atoms with Crippen LogP contribution in [-0.4, -0.2) is 12.1 Å². The van der Waals surface area contributed by atoms with Crippen molar-refractivity contribution in [2.45, 2.75) is 31.4 Å². The summed E-state index contributed by atoms with van der Waals surface area (Å²) in [6.07, 6.45) is 2.64. The third-order valence-electron chi connectivity index (χ3n) is 2.63. The number of ether oxygens (including phenoxy) is 1. The van der Waals surface area contributed by atoms with E-state index in [1.807, 2.05) is 0 Å². The zero-order chi connectivity index (χ0) is 10.8. The second-order valence-corrected chi connectivity index (χ2v) is 3.86. The predicted molar refractivity (Wildman–Crippen MR) is 52.6 cm³/mol. The standard InChI is InChI=1S/C11H13F2NO/c12-7-4-8(13)6-9(5-7)15-11-3-1-2-10(11)14/h4-6,10-11H,1-3,14H2/t10-,11-/m1/s1. The van der Waals surface area contributed by atoms with E-state index in [0.717, 1.165) is 25.3 Å². The number of hydrogen-bond donors (Lipinski definition) is 1. The fourth-order valence-electron chi connectivity index (χ4n) is 1.87. The van der Waals surface area contributed by atoms with E-state index in [2.05, 4.69) is 0 Å². The van der Waals surface area contributed by atoms with Crippen LogP contribution in [0.15, 0.2) is 18.2 Å². The van der Waals surface area contributed by atoms with Crippen molar-refractivity contribution in [1.82, 2.24) is 0 Å². The van der Waals surface area contributed by atoms with Crippen molar-refractivity contribution in [3.63, 3.8) is 0 Å². The van der Waals surface area contributed by atoms with Gasteiger partial charge in [-0.3, -0.25) is 0 Å². The second kappa shape index (κ2) is 4.14. The minimum absolute atomic E-state index is 0.0312. The fourth-order valence-corrected chi connectivity index (χ4v) is 1.87. The SMILES string of the molecule is N[C@@H]1CCC[C@H]1Oc1cc(F)cc(F)c1. The molecule has 0 aliphatic heterocycles. The van der Waals surface area contributed by atoms with Gasteiger partial charge in [-0.05, 0) is 19.3 Å². The summed E-state index contributed by atoms with van der Waals surface area (Å²) >= 11 is 0. The summed E-state index contributed by atoms with van der Waals surface area (Å²) in [4.78, 5) is 0. The van der Waals surface area contributed by atoms with Crippen LogP contribution in [0.3, 0.4) is 0 Å². The molecule has 0 spiro atoms. The van der Waals surface area contributed by atoms with Gasteiger partial charge in [-0.25, -0.2) is 8.78 Å². The average Bonchev–Trinajstić information content (AvgIpc) is 2.50. The molecule has 0 saturated heterocycles. The first-order chi connectivity index (χ1) is 7.15. The Morgan fingerprint density at radius 3 is 2.33 bits per heavy atom. The molecular formula is C11H13F2NO. The molecule has 0 radical (unpaired) electrons. The molecule has 1 aliphatic carbocycles. The third-order valence-corrected chi connectivity index (χ3v) is 2.63. The van der Waals surface area contributed by atoms with Crippen molar-refractivity contribution in [3.05, 3.63) is 29.8 Å². The molecule has 82 valence electrons. The van der Waals surface area contributed by atoms with Gasteiger partial charge in [0, 0.05) is 24.2 Å². The molecule has 1 saturated carbocycles. The molecular weight excluding hydrogens is 200 g/mol. The smallest absolute Gasteiger partial charge is 0.129 e. The van der Waals surface area contributed by atoms with Crippen LogP contribution in [-0.2, 0) is 0 Å². The van der Waals surface area contributed by atoms with Gasteiger partial charge in [0.05, 0.1) is 0 Å². The molecule has 15 heavy (non-hydrogen) atoms. The van der Waals surface area contributed by atoms with E-state index in [0.29, 0.717) is 0 Å². The Morgan fingerprint density at radius 2 is 1.80 bits per heavy atom. The van der Waals surface area contributed by atoms with Gasteiger partial charge >= 0.3 is 0 Å². The van der Waals surface area contributed by atoms with Gasteiger partial charge in [-0.2, -0.15) is 0 Å². The van der Waals surface area contributed by atoms with Gasteiger partial charge in [0.25, 0.3) is 0 Å². The van der Waals surface area contributed by atoms with Gasteiger partial charge in [-0.1, -0.05) is 0 Å². The molecule has 0 bridgehead atoms. The average molecular weight is 213 g/mol. The molecule has 2 atom stereocenters. The van der Waals surface area contributed by atoms with Crippen LogP contribution in [0.2, 0.25) is 0 Å². The molecule has 1 fully saturated rings. The summed E-state index contributed by atoms with van der Waals surface area (Å²) < 4.78 is 31.1. The zero-order valence-corrected chi connectivity index (χ0v) is 8.25. The Morgan fingerprint density at radius 1 is 1.13 bits per heavy atom. The van der Waals surface area contributed by atoms with E-state index in [9.17, 15) is 8.78 Å². The quantitative estimate of drug-likeness (QED) is 0.817. The van der Waals surface area contributed by atoms with E-state index in [4.69, 9.17) is 10.5 Å². The lowest BCUT2D eigenvalue weighted by Gasteiger charge is -2.17. The van der Waals surface area contributed by atoms with Gasteiger partial charge in [0.15, 0.2) is 0 Å². The first kappa shape index (κ1) is 10.4. The maximum atomic E-state index is 12.8. The third kappa shape index (κ3) is 2.45. The monoisotopic (exact) mass is 213 g/mol. The van der Waals surface area contributed by atoms with E-state index < -0.39 is 11.6 Å². The van der Waals surface area contributed by atoms with Crippen LogP contribution >= 0.6 is 0 Å². The first-order valence-electron chi connectivity index (χ1n) is 5.03. The Hall–Kier alpha value is -1.16. The minimum atomic E-state index is -0.628. The number of nitrogens with two attached hydrogens (primary N) is 1. The molecule has 2 nitrogen and oxygen atoms in total. The van der Waals surface area contributed by atoms with Crippen LogP contribution in [0.4, 0.5) is 8.78 Å². The van der Waals surface area contributed by atoms with Crippen molar-refractivity contribution < 1.29 is 13.5 Å². The van der Waals surface area contributed by atoms with Crippen molar-refractivity contribution >= 4 is 0 Å². The summed E-state index contributed by atoms with van der Waals surface area (Å²) in [5.74, 6) is -1.04. The van der Waals surface area contributed by atoms with E-state index in [-0.39, 0.29) is 17.9 Å². The number of halogens is 2. The lowest BCUT2D eigenvalue weighted by Crippen LogP contribution is -2.33. The molecule has 0 heterocycles. The van der Waals surface area contributed by atoms with Gasteiger partial charge in [0.2, 0.25) is 0 Å². The highest BCUT2D eigenvalue weighted by atomic mass is 19.1. The Bertz CT molecular complexity index is 336. The topological polar surface area (TPSA) is 35.2 Å². The Labute approximate surface area is 87.0 Å². The van der Waals surface area contributed by atoms with E-state index in [1.165, 1.54) is 12.1 Å². The lowest BCUT2D eigenvalue weighted by atomic mass is 10.2. The van der Waals surface area contributed by atoms with Crippen LogP contribution in [0.1, 0.15) is 19.3 Å². The highest BCUT2D eigenvalue weighted by molar-refractivity contribution is 5.24. The summed E-state index contributed by atoms with van der Waals surface area (Å²) in [7, 11) is 0. The molecule has 0 amide bonds. The van der Waals surface area contributed by atoms with Crippen LogP contribution < -0.4 is 10.5 Å². The number of hydrogen-bond acceptors (Lipinski definition) is 2. The summed E-state index contributed by atoms with van der Waals surface area (Å²) in [6.45, 7) is 0.